The highest BCUT2D eigenvalue weighted by Crippen LogP contribution is 2.39. The van der Waals surface area contributed by atoms with E-state index in [9.17, 15) is 4.79 Å². The molecule has 0 N–H and O–H groups in total. The molecule has 29 heavy (non-hydrogen) atoms. The van der Waals surface area contributed by atoms with Crippen LogP contribution < -0.4 is 23.8 Å². The zero-order chi connectivity index (χ0) is 21.6. The second-order valence-electron chi connectivity index (χ2n) is 6.59. The van der Waals surface area contributed by atoms with Crippen LogP contribution in [0.5, 0.6) is 23.0 Å². The van der Waals surface area contributed by atoms with E-state index in [-0.39, 0.29) is 5.78 Å². The lowest BCUT2D eigenvalue weighted by molar-refractivity contribution is 0.103. The van der Waals surface area contributed by atoms with E-state index < -0.39 is 0 Å². The van der Waals surface area contributed by atoms with Gasteiger partial charge >= 0.3 is 0 Å². The van der Waals surface area contributed by atoms with Gasteiger partial charge in [-0.15, -0.1) is 0 Å². The molecule has 0 aromatic heterocycles. The number of benzene rings is 2. The molecule has 0 aliphatic carbocycles. The number of ether oxygens (including phenoxy) is 4. The zero-order valence-corrected chi connectivity index (χ0v) is 18.2. The highest BCUT2D eigenvalue weighted by molar-refractivity contribution is 6.11. The van der Waals surface area contributed by atoms with Gasteiger partial charge in [-0.05, 0) is 48.4 Å². The highest BCUT2D eigenvalue weighted by atomic mass is 16.5. The van der Waals surface area contributed by atoms with Gasteiger partial charge in [-0.1, -0.05) is 6.92 Å². The number of carbonyl (C=O) groups excluding carboxylic acids is 1. The van der Waals surface area contributed by atoms with Gasteiger partial charge in [0.15, 0.2) is 17.3 Å². The summed E-state index contributed by atoms with van der Waals surface area (Å²) in [6.07, 6.45) is 2.44. The Kier molecular flexibility index (Phi) is 7.53. The fourth-order valence-corrected chi connectivity index (χ4v) is 3.08. The van der Waals surface area contributed by atoms with Gasteiger partial charge in [0.1, 0.15) is 5.75 Å². The van der Waals surface area contributed by atoms with E-state index in [1.54, 1.807) is 34.5 Å². The van der Waals surface area contributed by atoms with Crippen molar-refractivity contribution >= 4 is 17.5 Å². The van der Waals surface area contributed by atoms with Crippen molar-refractivity contribution < 1.29 is 23.7 Å². The molecule has 0 spiro atoms. The van der Waals surface area contributed by atoms with Crippen molar-refractivity contribution in [2.75, 3.05) is 47.4 Å². The van der Waals surface area contributed by atoms with E-state index in [2.05, 4.69) is 0 Å². The highest BCUT2D eigenvalue weighted by Gasteiger charge is 2.17. The van der Waals surface area contributed by atoms with Crippen LogP contribution >= 0.6 is 0 Å². The van der Waals surface area contributed by atoms with Crippen LogP contribution in [0.25, 0.3) is 6.08 Å². The number of hydrogen-bond acceptors (Lipinski definition) is 6. The SMILES string of the molecule is CC/C(=C\c1cc(OC)c(OC)c(OC)c1)C(=O)c1ccc(OC)c(N(C)C)c1. The molecule has 0 atom stereocenters. The molecule has 0 heterocycles. The molecule has 0 radical (unpaired) electrons. The first-order valence-electron chi connectivity index (χ1n) is 9.30. The lowest BCUT2D eigenvalue weighted by atomic mass is 9.98. The predicted molar refractivity (Wildman–Crippen MR) is 116 cm³/mol. The number of anilines is 1. The molecule has 6 nitrogen and oxygen atoms in total. The topological polar surface area (TPSA) is 57.2 Å². The van der Waals surface area contributed by atoms with Crippen molar-refractivity contribution in [2.45, 2.75) is 13.3 Å². The summed E-state index contributed by atoms with van der Waals surface area (Å²) in [5, 5.41) is 0. The monoisotopic (exact) mass is 399 g/mol. The smallest absolute Gasteiger partial charge is 0.203 e. The third kappa shape index (κ3) is 4.83. The maximum Gasteiger partial charge on any atom is 0.203 e. The van der Waals surface area contributed by atoms with Crippen molar-refractivity contribution in [1.29, 1.82) is 0 Å². The average Bonchev–Trinajstić information content (AvgIpc) is 2.75. The molecule has 2 aromatic carbocycles. The van der Waals surface area contributed by atoms with Crippen molar-refractivity contribution in [3.63, 3.8) is 0 Å². The van der Waals surface area contributed by atoms with E-state index >= 15 is 0 Å². The molecule has 0 unspecified atom stereocenters. The number of methoxy groups -OCH3 is 4. The molecule has 0 saturated heterocycles. The Morgan fingerprint density at radius 3 is 1.93 bits per heavy atom. The Hall–Kier alpha value is -3.15. The lowest BCUT2D eigenvalue weighted by Gasteiger charge is -2.18. The van der Waals surface area contributed by atoms with E-state index in [1.807, 2.05) is 56.3 Å². The van der Waals surface area contributed by atoms with Crippen LogP contribution in [0.4, 0.5) is 5.69 Å². The molecule has 2 rings (SSSR count). The first-order valence-corrected chi connectivity index (χ1v) is 9.30. The summed E-state index contributed by atoms with van der Waals surface area (Å²) in [6, 6.07) is 9.09. The standard InChI is InChI=1S/C23H29NO5/c1-8-16(11-15-12-20(27-5)23(29-7)21(13-15)28-6)22(25)17-9-10-19(26-4)18(14-17)24(2)3/h9-14H,8H2,1-7H3/b16-11+. The van der Waals surface area contributed by atoms with Crippen LogP contribution in [0, 0.1) is 0 Å². The lowest BCUT2D eigenvalue weighted by Crippen LogP contribution is -2.12. The molecular formula is C23H29NO5. The Labute approximate surface area is 172 Å². The summed E-state index contributed by atoms with van der Waals surface area (Å²) in [5.74, 6) is 2.29. The summed E-state index contributed by atoms with van der Waals surface area (Å²) >= 11 is 0. The van der Waals surface area contributed by atoms with Crippen LogP contribution in [0.2, 0.25) is 0 Å². The summed E-state index contributed by atoms with van der Waals surface area (Å²) in [4.78, 5) is 15.1. The van der Waals surface area contributed by atoms with Gasteiger partial charge in [-0.3, -0.25) is 4.79 Å². The first-order chi connectivity index (χ1) is 13.9. The number of ketones is 1. The summed E-state index contributed by atoms with van der Waals surface area (Å²) in [6.45, 7) is 1.96. The molecule has 0 amide bonds. The maximum atomic E-state index is 13.2. The minimum absolute atomic E-state index is 0.0352. The molecule has 0 aliphatic heterocycles. The molecule has 0 saturated carbocycles. The molecule has 6 heteroatoms. The fraction of sp³-hybridized carbons (Fsp3) is 0.348. The molecule has 0 bridgehead atoms. The van der Waals surface area contributed by atoms with Crippen molar-refractivity contribution in [3.05, 3.63) is 47.0 Å². The second kappa shape index (κ2) is 9.87. The number of carbonyl (C=O) groups is 1. The first kappa shape index (κ1) is 22.1. The molecule has 0 aliphatic rings. The number of nitrogens with zero attached hydrogens (tertiary/aromatic N) is 1. The van der Waals surface area contributed by atoms with Gasteiger partial charge in [-0.2, -0.15) is 0 Å². The molecule has 0 fully saturated rings. The van der Waals surface area contributed by atoms with Gasteiger partial charge < -0.3 is 23.8 Å². The van der Waals surface area contributed by atoms with Gasteiger partial charge in [-0.25, -0.2) is 0 Å². The van der Waals surface area contributed by atoms with Gasteiger partial charge in [0, 0.05) is 25.2 Å². The summed E-state index contributed by atoms with van der Waals surface area (Å²) in [5.41, 5.74) is 2.93. The number of hydrogen-bond donors (Lipinski definition) is 0. The summed E-state index contributed by atoms with van der Waals surface area (Å²) < 4.78 is 21.6. The largest absolute Gasteiger partial charge is 0.495 e. The minimum atomic E-state index is -0.0352. The second-order valence-corrected chi connectivity index (χ2v) is 6.59. The van der Waals surface area contributed by atoms with E-state index in [1.165, 1.54) is 0 Å². The van der Waals surface area contributed by atoms with E-state index in [0.717, 1.165) is 17.0 Å². The Bertz CT molecular complexity index is 877. The Morgan fingerprint density at radius 1 is 0.897 bits per heavy atom. The summed E-state index contributed by atoms with van der Waals surface area (Å²) in [7, 11) is 10.1. The van der Waals surface area contributed by atoms with Crippen molar-refractivity contribution in [3.8, 4) is 23.0 Å². The average molecular weight is 399 g/mol. The van der Waals surface area contributed by atoms with E-state index in [4.69, 9.17) is 18.9 Å². The van der Waals surface area contributed by atoms with E-state index in [0.29, 0.717) is 34.8 Å². The van der Waals surface area contributed by atoms with Gasteiger partial charge in [0.2, 0.25) is 5.75 Å². The van der Waals surface area contributed by atoms with Crippen LogP contribution in [0.1, 0.15) is 29.3 Å². The van der Waals surface area contributed by atoms with Gasteiger partial charge in [0.05, 0.1) is 34.1 Å². The third-order valence-electron chi connectivity index (χ3n) is 4.62. The number of Topliss-reactive ketones (excluding diaryl/α,β-unsaturated/α-hetero) is 1. The normalized spacial score (nSPS) is 11.1. The Balaban J connectivity index is 2.49. The number of allylic oxidation sites excluding steroid dienone is 1. The van der Waals surface area contributed by atoms with Crippen molar-refractivity contribution in [2.24, 2.45) is 0 Å². The van der Waals surface area contributed by atoms with Crippen LogP contribution in [0.15, 0.2) is 35.9 Å². The van der Waals surface area contributed by atoms with Crippen LogP contribution in [-0.4, -0.2) is 48.3 Å². The Morgan fingerprint density at radius 2 is 1.48 bits per heavy atom. The quantitative estimate of drug-likeness (QED) is 0.458. The molecule has 2 aromatic rings. The van der Waals surface area contributed by atoms with Crippen LogP contribution in [0.3, 0.4) is 0 Å². The zero-order valence-electron chi connectivity index (χ0n) is 18.2. The third-order valence-corrected chi connectivity index (χ3v) is 4.62. The maximum absolute atomic E-state index is 13.2. The van der Waals surface area contributed by atoms with Gasteiger partial charge in [0.25, 0.3) is 0 Å². The van der Waals surface area contributed by atoms with Crippen LogP contribution in [-0.2, 0) is 0 Å². The molecule has 156 valence electrons. The molecular weight excluding hydrogens is 370 g/mol. The van der Waals surface area contributed by atoms with Crippen molar-refractivity contribution in [1.82, 2.24) is 0 Å². The fourth-order valence-electron chi connectivity index (χ4n) is 3.08. The minimum Gasteiger partial charge on any atom is -0.495 e. The predicted octanol–water partition coefficient (Wildman–Crippen LogP) is 4.46. The number of rotatable bonds is 9.